The lowest BCUT2D eigenvalue weighted by atomic mass is 10.2. The number of nitrogens with zero attached hydrogens (tertiary/aromatic N) is 5. The molecule has 1 aliphatic heterocycles. The molecule has 3 rings (SSSR count). The maximum Gasteiger partial charge on any atom is 0.236 e. The number of carbonyl (C=O) groups is 1. The minimum absolute atomic E-state index is 0.00147. The van der Waals surface area contributed by atoms with Gasteiger partial charge in [0.15, 0.2) is 0 Å². The molecular weight excluding hydrogens is 430 g/mol. The average Bonchev–Trinajstić information content (AvgIpc) is 3.23. The molecule has 0 unspecified atom stereocenters. The minimum atomic E-state index is 0.00147. The Hall–Kier alpha value is -2.42. The number of rotatable bonds is 9. The summed E-state index contributed by atoms with van der Waals surface area (Å²) in [6, 6.07) is 16.4. The van der Waals surface area contributed by atoms with Crippen LogP contribution in [0, 0.1) is 22.7 Å². The summed E-state index contributed by atoms with van der Waals surface area (Å²) in [5.74, 6) is 0.00147. The number of hydrogen-bond donors (Lipinski definition) is 0. The first-order chi connectivity index (χ1) is 15.1. The summed E-state index contributed by atoms with van der Waals surface area (Å²) in [5.41, 5.74) is 1.07. The Morgan fingerprint density at radius 1 is 1.00 bits per heavy atom. The van der Waals surface area contributed by atoms with Crippen LogP contribution in [0.25, 0.3) is 10.4 Å². The molecule has 1 aliphatic rings. The van der Waals surface area contributed by atoms with E-state index in [9.17, 15) is 4.79 Å². The molecule has 31 heavy (non-hydrogen) atoms. The first-order valence-electron chi connectivity index (χ1n) is 10.4. The van der Waals surface area contributed by atoms with Gasteiger partial charge in [-0.2, -0.15) is 10.5 Å². The zero-order valence-electron chi connectivity index (χ0n) is 17.5. The zero-order chi connectivity index (χ0) is 22.1. The van der Waals surface area contributed by atoms with E-state index in [-0.39, 0.29) is 5.91 Å². The third kappa shape index (κ3) is 6.78. The van der Waals surface area contributed by atoms with Crippen LogP contribution in [0.5, 0.6) is 0 Å². The van der Waals surface area contributed by atoms with Crippen molar-refractivity contribution in [3.05, 3.63) is 46.3 Å². The molecule has 0 N–H and O–H groups in total. The van der Waals surface area contributed by atoms with E-state index in [0.717, 1.165) is 43.3 Å². The minimum Gasteiger partial charge on any atom is -0.340 e. The van der Waals surface area contributed by atoms with E-state index in [4.69, 9.17) is 22.1 Å². The van der Waals surface area contributed by atoms with Crippen molar-refractivity contribution in [3.8, 4) is 22.6 Å². The van der Waals surface area contributed by atoms with Crippen molar-refractivity contribution >= 4 is 28.8 Å². The van der Waals surface area contributed by atoms with Crippen LogP contribution in [-0.2, 0) is 11.3 Å². The van der Waals surface area contributed by atoms with Gasteiger partial charge < -0.3 is 4.90 Å². The summed E-state index contributed by atoms with van der Waals surface area (Å²) >= 11 is 8.09. The molecule has 1 fully saturated rings. The fourth-order valence-corrected chi connectivity index (χ4v) is 5.00. The second kappa shape index (κ2) is 11.8. The molecule has 1 amide bonds. The number of halogens is 1. The van der Waals surface area contributed by atoms with Crippen LogP contribution in [0.4, 0.5) is 0 Å². The molecule has 0 spiro atoms. The van der Waals surface area contributed by atoms with Crippen LogP contribution in [0.15, 0.2) is 36.4 Å². The summed E-state index contributed by atoms with van der Waals surface area (Å²) in [6.45, 7) is 5.50. The van der Waals surface area contributed by atoms with Crippen molar-refractivity contribution in [2.45, 2.75) is 19.4 Å². The van der Waals surface area contributed by atoms with E-state index in [0.29, 0.717) is 32.5 Å². The average molecular weight is 456 g/mol. The zero-order valence-corrected chi connectivity index (χ0v) is 19.0. The van der Waals surface area contributed by atoms with Gasteiger partial charge in [-0.3, -0.25) is 14.6 Å². The van der Waals surface area contributed by atoms with E-state index < -0.39 is 0 Å². The first-order valence-corrected chi connectivity index (χ1v) is 11.6. The van der Waals surface area contributed by atoms with Crippen molar-refractivity contribution in [1.29, 1.82) is 10.5 Å². The third-order valence-electron chi connectivity index (χ3n) is 5.34. The molecule has 2 aromatic rings. The summed E-state index contributed by atoms with van der Waals surface area (Å²) in [6.07, 6.45) is 0.587. The SMILES string of the molecule is N#CCCN(CCC#N)C(=O)CN1CCN(Cc2ccc(-c3ccccc3Cl)s2)CC1. The standard InChI is InChI=1S/C23H26ClN5OS/c24-21-6-2-1-5-20(21)22-8-7-19(31-22)17-27-13-15-28(16-14-27)18-23(30)29(11-3-9-25)12-4-10-26/h1-2,5-8H,3-4,11-18H2. The van der Waals surface area contributed by atoms with Crippen molar-refractivity contribution in [1.82, 2.24) is 14.7 Å². The summed E-state index contributed by atoms with van der Waals surface area (Å²) in [7, 11) is 0. The third-order valence-corrected chi connectivity index (χ3v) is 6.78. The molecule has 1 aromatic carbocycles. The molecule has 0 atom stereocenters. The fraction of sp³-hybridized carbons (Fsp3) is 0.435. The molecule has 0 aliphatic carbocycles. The second-order valence-corrected chi connectivity index (χ2v) is 9.07. The summed E-state index contributed by atoms with van der Waals surface area (Å²) in [4.78, 5) is 21.3. The highest BCUT2D eigenvalue weighted by molar-refractivity contribution is 7.15. The first kappa shape index (κ1) is 23.2. The van der Waals surface area contributed by atoms with Crippen LogP contribution in [-0.4, -0.2) is 66.4 Å². The molecule has 1 saturated heterocycles. The molecule has 0 saturated carbocycles. The van der Waals surface area contributed by atoms with Crippen molar-refractivity contribution < 1.29 is 4.79 Å². The smallest absolute Gasteiger partial charge is 0.236 e. The number of benzene rings is 1. The molecule has 162 valence electrons. The van der Waals surface area contributed by atoms with E-state index in [1.807, 2.05) is 24.3 Å². The van der Waals surface area contributed by atoms with Gasteiger partial charge in [-0.15, -0.1) is 11.3 Å². The van der Waals surface area contributed by atoms with Crippen molar-refractivity contribution in [2.24, 2.45) is 0 Å². The van der Waals surface area contributed by atoms with Gasteiger partial charge in [0.05, 0.1) is 31.5 Å². The Bertz CT molecular complexity index is 937. The van der Waals surface area contributed by atoms with Crippen LogP contribution >= 0.6 is 22.9 Å². The predicted octanol–water partition coefficient (Wildman–Crippen LogP) is 3.84. The number of nitriles is 2. The van der Waals surface area contributed by atoms with Gasteiger partial charge in [0.2, 0.25) is 5.91 Å². The summed E-state index contributed by atoms with van der Waals surface area (Å²) < 4.78 is 0. The van der Waals surface area contributed by atoms with Crippen molar-refractivity contribution in [3.63, 3.8) is 0 Å². The normalized spacial score (nSPS) is 14.7. The van der Waals surface area contributed by atoms with E-state index in [2.05, 4.69) is 34.1 Å². The Morgan fingerprint density at radius 3 is 2.29 bits per heavy atom. The maximum atomic E-state index is 12.6. The lowest BCUT2D eigenvalue weighted by Crippen LogP contribution is -2.49. The van der Waals surface area contributed by atoms with Gasteiger partial charge in [0.1, 0.15) is 0 Å². The van der Waals surface area contributed by atoms with Gasteiger partial charge in [0.25, 0.3) is 0 Å². The predicted molar refractivity (Wildman–Crippen MR) is 124 cm³/mol. The van der Waals surface area contributed by atoms with E-state index in [1.165, 1.54) is 9.75 Å². The number of carbonyl (C=O) groups excluding carboxylic acids is 1. The topological polar surface area (TPSA) is 74.4 Å². The lowest BCUT2D eigenvalue weighted by Gasteiger charge is -2.35. The number of piperazine rings is 1. The second-order valence-electron chi connectivity index (χ2n) is 7.50. The molecule has 6 nitrogen and oxygen atoms in total. The molecular formula is C23H26ClN5OS. The highest BCUT2D eigenvalue weighted by Gasteiger charge is 2.22. The molecule has 8 heteroatoms. The van der Waals surface area contributed by atoms with Crippen LogP contribution in [0.1, 0.15) is 17.7 Å². The van der Waals surface area contributed by atoms with Gasteiger partial charge in [-0.05, 0) is 18.2 Å². The van der Waals surface area contributed by atoms with E-state index >= 15 is 0 Å². The highest BCUT2D eigenvalue weighted by Crippen LogP contribution is 2.33. The maximum absolute atomic E-state index is 12.6. The van der Waals surface area contributed by atoms with Gasteiger partial charge >= 0.3 is 0 Å². The van der Waals surface area contributed by atoms with Crippen LogP contribution in [0.3, 0.4) is 0 Å². The quantitative estimate of drug-likeness (QED) is 0.574. The molecule has 0 bridgehead atoms. The lowest BCUT2D eigenvalue weighted by molar-refractivity contribution is -0.132. The Labute approximate surface area is 192 Å². The number of thiophene rings is 1. The highest BCUT2D eigenvalue weighted by atomic mass is 35.5. The Balaban J connectivity index is 1.47. The number of hydrogen-bond acceptors (Lipinski definition) is 6. The van der Waals surface area contributed by atoms with Crippen molar-refractivity contribution in [2.75, 3.05) is 45.8 Å². The monoisotopic (exact) mass is 455 g/mol. The molecule has 2 heterocycles. The largest absolute Gasteiger partial charge is 0.340 e. The number of amides is 1. The molecule has 1 aromatic heterocycles. The van der Waals surface area contributed by atoms with Crippen LogP contribution < -0.4 is 0 Å². The van der Waals surface area contributed by atoms with Gasteiger partial charge in [0, 0.05) is 66.2 Å². The molecule has 0 radical (unpaired) electrons. The fourth-order valence-electron chi connectivity index (χ4n) is 3.62. The van der Waals surface area contributed by atoms with Crippen LogP contribution in [0.2, 0.25) is 5.02 Å². The summed E-state index contributed by atoms with van der Waals surface area (Å²) in [5, 5.41) is 18.4. The van der Waals surface area contributed by atoms with Gasteiger partial charge in [-0.25, -0.2) is 0 Å². The van der Waals surface area contributed by atoms with E-state index in [1.54, 1.807) is 16.2 Å². The Morgan fingerprint density at radius 2 is 1.65 bits per heavy atom. The van der Waals surface area contributed by atoms with Gasteiger partial charge in [-0.1, -0.05) is 29.8 Å². The Kier molecular flexibility index (Phi) is 8.87.